The standard InChI is InChI=1S/C13H12ClN3O2S/c14-9-3-1-4-10(7-9)16-12(18)8-19-17-13(15)11-5-2-6-20-11/h1-7H,8H2,(H2,15,17)(H,16,18). The van der Waals surface area contributed by atoms with Crippen molar-refractivity contribution in [1.29, 1.82) is 0 Å². The number of oxime groups is 1. The summed E-state index contributed by atoms with van der Waals surface area (Å²) in [6, 6.07) is 10.5. The van der Waals surface area contributed by atoms with Gasteiger partial charge in [0, 0.05) is 10.7 Å². The van der Waals surface area contributed by atoms with E-state index in [2.05, 4.69) is 10.5 Å². The van der Waals surface area contributed by atoms with Gasteiger partial charge >= 0.3 is 0 Å². The summed E-state index contributed by atoms with van der Waals surface area (Å²) in [6.07, 6.45) is 0. The van der Waals surface area contributed by atoms with Gasteiger partial charge in [-0.2, -0.15) is 0 Å². The van der Waals surface area contributed by atoms with Crippen molar-refractivity contribution in [2.75, 3.05) is 11.9 Å². The van der Waals surface area contributed by atoms with Crippen LogP contribution in [0.4, 0.5) is 5.69 Å². The van der Waals surface area contributed by atoms with Gasteiger partial charge in [0.15, 0.2) is 12.4 Å². The molecule has 20 heavy (non-hydrogen) atoms. The van der Waals surface area contributed by atoms with Crippen LogP contribution in [0.2, 0.25) is 5.02 Å². The average molecular weight is 310 g/mol. The number of nitrogens with two attached hydrogens (primary N) is 1. The molecule has 1 amide bonds. The number of carbonyl (C=O) groups excluding carboxylic acids is 1. The van der Waals surface area contributed by atoms with E-state index in [0.29, 0.717) is 10.7 Å². The number of benzene rings is 1. The van der Waals surface area contributed by atoms with Crippen molar-refractivity contribution in [2.24, 2.45) is 10.9 Å². The maximum Gasteiger partial charge on any atom is 0.265 e. The molecule has 0 fully saturated rings. The molecule has 1 aromatic carbocycles. The third kappa shape index (κ3) is 4.25. The molecule has 0 bridgehead atoms. The van der Waals surface area contributed by atoms with E-state index in [-0.39, 0.29) is 18.3 Å². The molecule has 1 aromatic heterocycles. The Kier molecular flexibility index (Phi) is 4.97. The van der Waals surface area contributed by atoms with Gasteiger partial charge in [0.2, 0.25) is 0 Å². The van der Waals surface area contributed by atoms with Crippen molar-refractivity contribution in [2.45, 2.75) is 0 Å². The van der Waals surface area contributed by atoms with Gasteiger partial charge < -0.3 is 15.9 Å². The first kappa shape index (κ1) is 14.4. The van der Waals surface area contributed by atoms with Gasteiger partial charge in [-0.1, -0.05) is 28.9 Å². The zero-order valence-electron chi connectivity index (χ0n) is 10.4. The molecule has 5 nitrogen and oxygen atoms in total. The minimum atomic E-state index is -0.338. The maximum absolute atomic E-state index is 11.6. The van der Waals surface area contributed by atoms with Gasteiger partial charge in [0.1, 0.15) is 0 Å². The molecule has 104 valence electrons. The van der Waals surface area contributed by atoms with Crippen molar-refractivity contribution in [3.63, 3.8) is 0 Å². The molecule has 3 N–H and O–H groups in total. The minimum Gasteiger partial charge on any atom is -0.384 e. The molecule has 7 heteroatoms. The van der Waals surface area contributed by atoms with Crippen LogP contribution in [0.5, 0.6) is 0 Å². The number of nitrogens with one attached hydrogen (secondary N) is 1. The van der Waals surface area contributed by atoms with Gasteiger partial charge in [-0.15, -0.1) is 11.3 Å². The number of nitrogens with zero attached hydrogens (tertiary/aromatic N) is 1. The second kappa shape index (κ2) is 6.93. The SMILES string of the molecule is NC(=NOCC(=O)Nc1cccc(Cl)c1)c1cccs1. The Morgan fingerprint density at radius 1 is 1.40 bits per heavy atom. The summed E-state index contributed by atoms with van der Waals surface area (Å²) in [5.41, 5.74) is 6.28. The number of hydrogen-bond donors (Lipinski definition) is 2. The lowest BCUT2D eigenvalue weighted by Crippen LogP contribution is -2.19. The summed E-state index contributed by atoms with van der Waals surface area (Å²) in [5.74, 6) is -0.0921. The predicted molar refractivity (Wildman–Crippen MR) is 81.1 cm³/mol. The molecule has 1 heterocycles. The fourth-order valence-electron chi connectivity index (χ4n) is 1.39. The smallest absolute Gasteiger partial charge is 0.265 e. The molecule has 0 saturated heterocycles. The van der Waals surface area contributed by atoms with E-state index in [9.17, 15) is 4.79 Å². The third-order valence-electron chi connectivity index (χ3n) is 2.24. The molecule has 0 aliphatic heterocycles. The topological polar surface area (TPSA) is 76.7 Å². The normalized spacial score (nSPS) is 11.2. The molecular formula is C13H12ClN3O2S. The molecule has 0 aliphatic carbocycles. The number of rotatable bonds is 5. The number of amides is 1. The number of hydrogen-bond acceptors (Lipinski definition) is 4. The molecule has 0 spiro atoms. The molecule has 0 aliphatic rings. The van der Waals surface area contributed by atoms with Crippen molar-refractivity contribution in [3.05, 3.63) is 51.7 Å². The lowest BCUT2D eigenvalue weighted by atomic mass is 10.3. The van der Waals surface area contributed by atoms with Crippen LogP contribution in [0.3, 0.4) is 0 Å². The Bertz CT molecular complexity index is 614. The van der Waals surface area contributed by atoms with E-state index in [1.54, 1.807) is 24.3 Å². The largest absolute Gasteiger partial charge is 0.384 e. The van der Waals surface area contributed by atoms with Crippen LogP contribution in [0.1, 0.15) is 4.88 Å². The first-order valence-electron chi connectivity index (χ1n) is 5.70. The summed E-state index contributed by atoms with van der Waals surface area (Å²) >= 11 is 7.25. The van der Waals surface area contributed by atoms with Crippen LogP contribution in [0, 0.1) is 0 Å². The highest BCUT2D eigenvalue weighted by atomic mass is 35.5. The molecule has 0 atom stereocenters. The number of halogens is 1. The first-order valence-corrected chi connectivity index (χ1v) is 6.95. The van der Waals surface area contributed by atoms with Gasteiger partial charge in [0.05, 0.1) is 4.88 Å². The highest BCUT2D eigenvalue weighted by molar-refractivity contribution is 7.12. The second-order valence-electron chi connectivity index (χ2n) is 3.79. The highest BCUT2D eigenvalue weighted by Crippen LogP contribution is 2.14. The first-order chi connectivity index (χ1) is 9.65. The molecule has 2 aromatic rings. The minimum absolute atomic E-state index is 0.224. The van der Waals surface area contributed by atoms with Gasteiger partial charge in [-0.05, 0) is 29.6 Å². The highest BCUT2D eigenvalue weighted by Gasteiger charge is 2.04. The van der Waals surface area contributed by atoms with Crippen molar-refractivity contribution >= 4 is 40.4 Å². The summed E-state index contributed by atoms with van der Waals surface area (Å²) in [5, 5.41) is 8.74. The van der Waals surface area contributed by atoms with E-state index >= 15 is 0 Å². The fourth-order valence-corrected chi connectivity index (χ4v) is 2.20. The van der Waals surface area contributed by atoms with E-state index in [0.717, 1.165) is 4.88 Å². The number of thiophene rings is 1. The van der Waals surface area contributed by atoms with Crippen LogP contribution in [0.15, 0.2) is 46.9 Å². The molecule has 0 unspecified atom stereocenters. The number of anilines is 1. The van der Waals surface area contributed by atoms with Crippen LogP contribution in [-0.4, -0.2) is 18.3 Å². The monoisotopic (exact) mass is 309 g/mol. The Hall–Kier alpha value is -2.05. The number of carbonyl (C=O) groups is 1. The van der Waals surface area contributed by atoms with Crippen LogP contribution in [-0.2, 0) is 9.63 Å². The van der Waals surface area contributed by atoms with Crippen molar-refractivity contribution in [3.8, 4) is 0 Å². The lowest BCUT2D eigenvalue weighted by Gasteiger charge is -2.04. The molecule has 0 radical (unpaired) electrons. The molecular weight excluding hydrogens is 298 g/mol. The summed E-state index contributed by atoms with van der Waals surface area (Å²) in [4.78, 5) is 17.3. The van der Waals surface area contributed by atoms with Crippen LogP contribution in [0.25, 0.3) is 0 Å². The van der Waals surface area contributed by atoms with Crippen molar-refractivity contribution in [1.82, 2.24) is 0 Å². The number of amidine groups is 1. The summed E-state index contributed by atoms with van der Waals surface area (Å²) in [6.45, 7) is -0.224. The predicted octanol–water partition coefficient (Wildman–Crippen LogP) is 2.68. The summed E-state index contributed by atoms with van der Waals surface area (Å²) in [7, 11) is 0. The van der Waals surface area contributed by atoms with E-state index in [4.69, 9.17) is 22.2 Å². The van der Waals surface area contributed by atoms with Crippen molar-refractivity contribution < 1.29 is 9.63 Å². The average Bonchev–Trinajstić information content (AvgIpc) is 2.92. The Morgan fingerprint density at radius 3 is 2.95 bits per heavy atom. The van der Waals surface area contributed by atoms with Gasteiger partial charge in [0.25, 0.3) is 5.91 Å². The quantitative estimate of drug-likeness (QED) is 0.506. The fraction of sp³-hybridized carbons (Fsp3) is 0.0769. The zero-order valence-corrected chi connectivity index (χ0v) is 11.9. The van der Waals surface area contributed by atoms with Gasteiger partial charge in [-0.3, -0.25) is 4.79 Å². The van der Waals surface area contributed by atoms with Gasteiger partial charge in [-0.25, -0.2) is 0 Å². The van der Waals surface area contributed by atoms with E-state index in [1.807, 2.05) is 17.5 Å². The Balaban J connectivity index is 1.82. The maximum atomic E-state index is 11.6. The van der Waals surface area contributed by atoms with Crippen LogP contribution < -0.4 is 11.1 Å². The summed E-state index contributed by atoms with van der Waals surface area (Å²) < 4.78 is 0. The molecule has 0 saturated carbocycles. The third-order valence-corrected chi connectivity index (χ3v) is 3.37. The molecule has 2 rings (SSSR count). The Morgan fingerprint density at radius 2 is 2.25 bits per heavy atom. The Labute approximate surface area is 125 Å². The van der Waals surface area contributed by atoms with Crippen LogP contribution >= 0.6 is 22.9 Å². The zero-order chi connectivity index (χ0) is 14.4. The van der Waals surface area contributed by atoms with E-state index in [1.165, 1.54) is 11.3 Å². The second-order valence-corrected chi connectivity index (χ2v) is 5.17. The van der Waals surface area contributed by atoms with E-state index < -0.39 is 0 Å². The lowest BCUT2D eigenvalue weighted by molar-refractivity contribution is -0.120.